The third kappa shape index (κ3) is 0.769. The quantitative estimate of drug-likeness (QED) is 0.338. The van der Waals surface area contributed by atoms with Crippen LogP contribution in [0.4, 0.5) is 0 Å². The van der Waals surface area contributed by atoms with Crippen molar-refractivity contribution in [1.82, 2.24) is 5.48 Å². The molecule has 0 aromatic carbocycles. The fourth-order valence-electron chi connectivity index (χ4n) is 0.0851. The molecule has 0 amide bonds. The van der Waals surface area contributed by atoms with Crippen molar-refractivity contribution in [2.45, 2.75) is 0 Å². The van der Waals surface area contributed by atoms with Gasteiger partial charge in [0.25, 0.3) is 0 Å². The summed E-state index contributed by atoms with van der Waals surface area (Å²) < 4.78 is 4.14. The van der Waals surface area contributed by atoms with Crippen LogP contribution < -0.4 is 5.48 Å². The number of rotatable bonds is 0. The van der Waals surface area contributed by atoms with Crippen LogP contribution in [0.25, 0.3) is 0 Å². The van der Waals surface area contributed by atoms with Gasteiger partial charge in [0, 0.05) is 0 Å². The fourth-order valence-corrected chi connectivity index (χ4v) is 0.255. The molecule has 3 nitrogen and oxygen atoms in total. The lowest BCUT2D eigenvalue weighted by Gasteiger charge is -1.74. The second kappa shape index (κ2) is 1.61. The van der Waals surface area contributed by atoms with Crippen LogP contribution in [0.15, 0.2) is 0 Å². The number of hydrogen-bond acceptors (Lipinski definition) is 4. The van der Waals surface area contributed by atoms with E-state index in [1.54, 1.807) is 0 Å². The zero-order valence-corrected chi connectivity index (χ0v) is 3.04. The maximum absolute atomic E-state index is 4.14. The summed E-state index contributed by atoms with van der Waals surface area (Å²) in [6.07, 6.45) is 0. The minimum Gasteiger partial charge on any atom is -0.144 e. The SMILES string of the molecule is [C]1NOOS1. The molecule has 1 aliphatic rings. The molecule has 4 heteroatoms. The van der Waals surface area contributed by atoms with Crippen molar-refractivity contribution >= 4 is 12.0 Å². The van der Waals surface area contributed by atoms with Gasteiger partial charge in [-0.3, -0.25) is 0 Å². The first-order chi connectivity index (χ1) is 2.50. The monoisotopic (exact) mass is 91.0 g/mol. The van der Waals surface area contributed by atoms with Crippen molar-refractivity contribution in [3.8, 4) is 0 Å². The number of nitrogens with one attached hydrogen (secondary N) is 1. The lowest BCUT2D eigenvalue weighted by atomic mass is 11.5. The maximum Gasteiger partial charge on any atom is 0.190 e. The highest BCUT2D eigenvalue weighted by Gasteiger charge is 1.98. The van der Waals surface area contributed by atoms with Crippen molar-refractivity contribution < 1.29 is 9.32 Å². The molecule has 1 heterocycles. The molecule has 0 spiro atoms. The van der Waals surface area contributed by atoms with Gasteiger partial charge in [0.15, 0.2) is 5.88 Å². The van der Waals surface area contributed by atoms with E-state index in [-0.39, 0.29) is 0 Å². The Morgan fingerprint density at radius 1 is 1.80 bits per heavy atom. The first kappa shape index (κ1) is 3.42. The van der Waals surface area contributed by atoms with Gasteiger partial charge in [-0.2, -0.15) is 0 Å². The van der Waals surface area contributed by atoms with Gasteiger partial charge in [0.2, 0.25) is 0 Å². The van der Waals surface area contributed by atoms with Gasteiger partial charge in [0.1, 0.15) is 0 Å². The molecule has 0 atom stereocenters. The van der Waals surface area contributed by atoms with Crippen LogP contribution in [-0.4, -0.2) is 0 Å². The van der Waals surface area contributed by atoms with Gasteiger partial charge in [-0.25, -0.2) is 0 Å². The van der Waals surface area contributed by atoms with E-state index in [4.69, 9.17) is 0 Å². The predicted octanol–water partition coefficient (Wildman–Crippen LogP) is 0.0973. The largest absolute Gasteiger partial charge is 0.190 e. The minimum absolute atomic E-state index is 0.991. The zero-order valence-electron chi connectivity index (χ0n) is 2.22. The van der Waals surface area contributed by atoms with E-state index >= 15 is 0 Å². The summed E-state index contributed by atoms with van der Waals surface area (Å²) in [7, 11) is 0. The van der Waals surface area contributed by atoms with Crippen LogP contribution in [0.3, 0.4) is 0 Å². The van der Waals surface area contributed by atoms with Gasteiger partial charge in [-0.05, 0) is 0 Å². The normalized spacial score (nSPS) is 24.0. The molecule has 28 valence electrons. The fraction of sp³-hybridized carbons (Fsp3) is 0. The molecule has 5 heavy (non-hydrogen) atoms. The highest BCUT2D eigenvalue weighted by atomic mass is 32.2. The van der Waals surface area contributed by atoms with E-state index in [0.717, 1.165) is 12.0 Å². The zero-order chi connectivity index (χ0) is 3.54. The molecule has 0 aromatic heterocycles. The Labute approximate surface area is 33.7 Å². The summed E-state index contributed by atoms with van der Waals surface area (Å²) in [4.78, 5) is 4.05. The van der Waals surface area contributed by atoms with Crippen LogP contribution in [0.5, 0.6) is 0 Å². The average Bonchev–Trinajstić information content (AvgIpc) is 1.76. The molecular formula is CHNO2S. The van der Waals surface area contributed by atoms with Gasteiger partial charge < -0.3 is 0 Å². The Morgan fingerprint density at radius 2 is 2.80 bits per heavy atom. The summed E-state index contributed by atoms with van der Waals surface area (Å²) in [5, 5.41) is 0. The van der Waals surface area contributed by atoms with Crippen LogP contribution in [0.2, 0.25) is 0 Å². The molecule has 1 rings (SSSR count). The van der Waals surface area contributed by atoms with E-state index in [2.05, 4.69) is 20.7 Å². The molecule has 1 saturated heterocycles. The predicted molar refractivity (Wildman–Crippen MR) is 16.1 cm³/mol. The second-order valence-corrected chi connectivity index (χ2v) is 0.946. The lowest BCUT2D eigenvalue weighted by molar-refractivity contribution is -0.217. The lowest BCUT2D eigenvalue weighted by Crippen LogP contribution is -1.95. The van der Waals surface area contributed by atoms with Crippen LogP contribution in [0.1, 0.15) is 0 Å². The topological polar surface area (TPSA) is 30.5 Å². The van der Waals surface area contributed by atoms with Gasteiger partial charge in [-0.1, -0.05) is 0 Å². The standard InChI is InChI=1S/CHNO2S/c1-2-3-4-5-1/h2H. The molecule has 0 saturated carbocycles. The van der Waals surface area contributed by atoms with E-state index in [1.807, 2.05) is 0 Å². The summed E-state index contributed by atoms with van der Waals surface area (Å²) in [5.41, 5.74) is 2.21. The van der Waals surface area contributed by atoms with Crippen LogP contribution >= 0.6 is 12.0 Å². The van der Waals surface area contributed by atoms with E-state index in [1.165, 1.54) is 0 Å². The Balaban J connectivity index is 2.08. The summed E-state index contributed by atoms with van der Waals surface area (Å²) in [5.74, 6) is 2.44. The highest BCUT2D eigenvalue weighted by molar-refractivity contribution is 7.96. The summed E-state index contributed by atoms with van der Waals surface area (Å²) >= 11 is 0.991. The second-order valence-electron chi connectivity index (χ2n) is 0.439. The molecule has 0 aliphatic carbocycles. The third-order valence-corrected chi connectivity index (χ3v) is 0.496. The first-order valence-corrected chi connectivity index (χ1v) is 1.73. The summed E-state index contributed by atoms with van der Waals surface area (Å²) in [6.45, 7) is 0. The van der Waals surface area contributed by atoms with Crippen LogP contribution in [-0.2, 0) is 9.32 Å². The molecule has 0 bridgehead atoms. The Kier molecular flexibility index (Phi) is 1.10. The number of hydrogen-bond donors (Lipinski definition) is 1. The average molecular weight is 91.1 g/mol. The molecule has 0 aromatic rings. The maximum atomic E-state index is 4.14. The number of hydroxylamine groups is 1. The van der Waals surface area contributed by atoms with Gasteiger partial charge in [-0.15, -0.1) is 14.8 Å². The molecule has 2 radical (unpaired) electrons. The molecule has 0 unspecified atom stereocenters. The highest BCUT2D eigenvalue weighted by Crippen LogP contribution is 2.09. The van der Waals surface area contributed by atoms with E-state index in [9.17, 15) is 0 Å². The van der Waals surface area contributed by atoms with Gasteiger partial charge >= 0.3 is 0 Å². The van der Waals surface area contributed by atoms with Crippen molar-refractivity contribution in [3.63, 3.8) is 0 Å². The van der Waals surface area contributed by atoms with E-state index in [0.29, 0.717) is 0 Å². The Bertz CT molecular complexity index is 21.2. The van der Waals surface area contributed by atoms with Crippen molar-refractivity contribution in [1.29, 1.82) is 0 Å². The van der Waals surface area contributed by atoms with Crippen molar-refractivity contribution in [3.05, 3.63) is 5.88 Å². The first-order valence-electron chi connectivity index (χ1n) is 0.992. The van der Waals surface area contributed by atoms with E-state index < -0.39 is 0 Å². The Morgan fingerprint density at radius 3 is 3.00 bits per heavy atom. The Hall–Kier alpha value is 0.230. The molecular weight excluding hydrogens is 90.1 g/mol. The minimum atomic E-state index is 0.991. The van der Waals surface area contributed by atoms with Gasteiger partial charge in [0.05, 0.1) is 12.0 Å². The molecule has 1 aliphatic heterocycles. The molecule has 1 N–H and O–H groups in total. The molecule has 1 fully saturated rings. The third-order valence-electron chi connectivity index (χ3n) is 0.193. The smallest absolute Gasteiger partial charge is 0.144 e. The van der Waals surface area contributed by atoms with Crippen LogP contribution in [0, 0.1) is 5.88 Å². The van der Waals surface area contributed by atoms with Crippen molar-refractivity contribution in [2.24, 2.45) is 0 Å². The summed E-state index contributed by atoms with van der Waals surface area (Å²) in [6, 6.07) is 0. The van der Waals surface area contributed by atoms with Crippen molar-refractivity contribution in [2.75, 3.05) is 0 Å².